The molecule has 2 heterocycles. The number of rotatable bonds is 5. The second-order valence-electron chi connectivity index (χ2n) is 6.72. The average Bonchev–Trinajstić information content (AvgIpc) is 3.22. The van der Waals surface area contributed by atoms with Gasteiger partial charge in [-0.3, -0.25) is 4.79 Å². The molecule has 9 heteroatoms. The number of imide groups is 1. The Balaban J connectivity index is 1.56. The van der Waals surface area contributed by atoms with Crippen molar-refractivity contribution in [3.63, 3.8) is 0 Å². The zero-order valence-electron chi connectivity index (χ0n) is 15.5. The van der Waals surface area contributed by atoms with E-state index < -0.39 is 28.8 Å². The lowest BCUT2D eigenvalue weighted by Crippen LogP contribution is -2.55. The quantitative estimate of drug-likeness (QED) is 0.743. The van der Waals surface area contributed by atoms with E-state index in [-0.39, 0.29) is 19.0 Å². The Bertz CT molecular complexity index is 1080. The second kappa shape index (κ2) is 8.19. The molecule has 2 aromatic carbocycles. The number of urea groups is 1. The van der Waals surface area contributed by atoms with Gasteiger partial charge in [-0.05, 0) is 53.4 Å². The van der Waals surface area contributed by atoms with E-state index >= 15 is 0 Å². The van der Waals surface area contributed by atoms with E-state index in [1.807, 2.05) is 0 Å². The fourth-order valence-electron chi connectivity index (χ4n) is 3.21. The van der Waals surface area contributed by atoms with Crippen LogP contribution in [-0.2, 0) is 16.1 Å². The molecule has 0 saturated heterocycles. The highest BCUT2D eigenvalue weighted by atomic mass is 32.2. The molecule has 0 radical (unpaired) electrons. The van der Waals surface area contributed by atoms with Gasteiger partial charge in [-0.2, -0.15) is 14.3 Å². The Labute approximate surface area is 174 Å². The highest BCUT2D eigenvalue weighted by molar-refractivity contribution is 8.04. The van der Waals surface area contributed by atoms with Gasteiger partial charge in [0.15, 0.2) is 11.8 Å². The lowest BCUT2D eigenvalue weighted by molar-refractivity contribution is -0.426. The van der Waals surface area contributed by atoms with Crippen molar-refractivity contribution in [1.82, 2.24) is 4.90 Å². The van der Waals surface area contributed by atoms with Gasteiger partial charge >= 0.3 is 11.9 Å². The number of halogens is 2. The molecular formula is C21H16F2N3O3S+. The summed E-state index contributed by atoms with van der Waals surface area (Å²) in [6.07, 6.45) is 1.64. The van der Waals surface area contributed by atoms with Crippen molar-refractivity contribution < 1.29 is 27.7 Å². The molecule has 0 spiro atoms. The smallest absolute Gasteiger partial charge is 0.323 e. The van der Waals surface area contributed by atoms with Crippen molar-refractivity contribution in [2.75, 3.05) is 11.9 Å². The first-order valence-corrected chi connectivity index (χ1v) is 9.98. The van der Waals surface area contributed by atoms with Gasteiger partial charge < -0.3 is 5.32 Å². The summed E-state index contributed by atoms with van der Waals surface area (Å²) in [6.45, 7) is -0.335. The molecule has 2 aromatic rings. The topological polar surface area (TPSA) is 69.5 Å². The first-order chi connectivity index (χ1) is 14.4. The monoisotopic (exact) mass is 428 g/mol. The Morgan fingerprint density at radius 3 is 2.33 bits per heavy atom. The standard InChI is InChI=1S/C21H15F2N3O3S/c22-14-3-1-13(2-4-14)11-26-20(28)19-17(9-10-30-19)25(21(26)29)12-18(27)24-16-7-5-15(23)6-8-16/h1-10,19H,11-12H2/p+1. The van der Waals surface area contributed by atoms with Gasteiger partial charge in [0.1, 0.15) is 23.9 Å². The first-order valence-electron chi connectivity index (χ1n) is 9.04. The Morgan fingerprint density at radius 2 is 1.67 bits per heavy atom. The van der Waals surface area contributed by atoms with Gasteiger partial charge in [0.25, 0.3) is 5.91 Å². The molecule has 152 valence electrons. The lowest BCUT2D eigenvalue weighted by atomic mass is 10.1. The van der Waals surface area contributed by atoms with E-state index in [4.69, 9.17) is 0 Å². The number of carbonyl (C=O) groups is 3. The molecule has 2 aliphatic rings. The van der Waals surface area contributed by atoms with Gasteiger partial charge in [-0.15, -0.1) is 11.8 Å². The van der Waals surface area contributed by atoms with Crippen molar-refractivity contribution in [3.8, 4) is 0 Å². The largest absolute Gasteiger partial charge is 0.501 e. The molecule has 6 nitrogen and oxygen atoms in total. The number of fused-ring (bicyclic) bond motifs is 1. The molecular weight excluding hydrogens is 412 g/mol. The minimum absolute atomic E-state index is 0.0294. The third-order valence-corrected chi connectivity index (χ3v) is 5.68. The SMILES string of the molecule is O=C(C[N+]1=C2C=CSC2C(=O)N(Cc2ccc(F)cc2)C1=O)Nc1ccc(F)cc1. The predicted octanol–water partition coefficient (Wildman–Crippen LogP) is 3.15. The lowest BCUT2D eigenvalue weighted by Gasteiger charge is -2.24. The van der Waals surface area contributed by atoms with Crippen LogP contribution in [0.15, 0.2) is 60.0 Å². The van der Waals surface area contributed by atoms with Crippen LogP contribution in [0.1, 0.15) is 5.56 Å². The minimum atomic E-state index is -0.628. The van der Waals surface area contributed by atoms with Crippen LogP contribution in [0, 0.1) is 11.6 Å². The highest BCUT2D eigenvalue weighted by Gasteiger charge is 2.49. The van der Waals surface area contributed by atoms with E-state index in [1.54, 1.807) is 11.5 Å². The number of amides is 4. The predicted molar refractivity (Wildman–Crippen MR) is 108 cm³/mol. The third-order valence-electron chi connectivity index (χ3n) is 4.67. The van der Waals surface area contributed by atoms with Crippen LogP contribution in [0.5, 0.6) is 0 Å². The molecule has 1 atom stereocenters. The van der Waals surface area contributed by atoms with Crippen molar-refractivity contribution >= 4 is 41.0 Å². The summed E-state index contributed by atoms with van der Waals surface area (Å²) in [5.41, 5.74) is 1.43. The van der Waals surface area contributed by atoms with E-state index in [9.17, 15) is 23.2 Å². The van der Waals surface area contributed by atoms with E-state index in [1.165, 1.54) is 64.9 Å². The molecule has 0 bridgehead atoms. The Kier molecular flexibility index (Phi) is 5.45. The maximum Gasteiger partial charge on any atom is 0.501 e. The zero-order chi connectivity index (χ0) is 21.3. The summed E-state index contributed by atoms with van der Waals surface area (Å²) < 4.78 is 27.5. The van der Waals surface area contributed by atoms with Crippen molar-refractivity contribution in [1.29, 1.82) is 0 Å². The number of nitrogens with one attached hydrogen (secondary N) is 1. The van der Waals surface area contributed by atoms with Crippen LogP contribution in [0.2, 0.25) is 0 Å². The van der Waals surface area contributed by atoms with Gasteiger partial charge in [-0.1, -0.05) is 12.1 Å². The molecule has 2 aliphatic heterocycles. The normalized spacial score (nSPS) is 18.1. The number of hydrogen-bond acceptors (Lipinski definition) is 4. The number of allylic oxidation sites excluding steroid dienone is 1. The van der Waals surface area contributed by atoms with Crippen LogP contribution >= 0.6 is 11.8 Å². The van der Waals surface area contributed by atoms with E-state index in [0.717, 1.165) is 4.90 Å². The fraction of sp³-hybridized carbons (Fsp3) is 0.143. The maximum absolute atomic E-state index is 13.2. The van der Waals surface area contributed by atoms with Gasteiger partial charge in [0.05, 0.1) is 0 Å². The van der Waals surface area contributed by atoms with Crippen molar-refractivity contribution in [2.24, 2.45) is 0 Å². The van der Waals surface area contributed by atoms with Gasteiger partial charge in [0, 0.05) is 5.69 Å². The molecule has 1 unspecified atom stereocenters. The van der Waals surface area contributed by atoms with Crippen molar-refractivity contribution in [3.05, 3.63) is 77.2 Å². The summed E-state index contributed by atoms with van der Waals surface area (Å²) in [5, 5.41) is 3.69. The number of nitrogens with zero attached hydrogens (tertiary/aromatic N) is 2. The number of thioether (sulfide) groups is 1. The average molecular weight is 428 g/mol. The number of hydrogen-bond donors (Lipinski definition) is 1. The molecule has 4 amide bonds. The molecule has 0 aromatic heterocycles. The fourth-order valence-corrected chi connectivity index (χ4v) is 4.17. The molecule has 1 N–H and O–H groups in total. The van der Waals surface area contributed by atoms with Gasteiger partial charge in [-0.25, -0.2) is 13.6 Å². The summed E-state index contributed by atoms with van der Waals surface area (Å²) in [4.78, 5) is 39.4. The van der Waals surface area contributed by atoms with Crippen LogP contribution in [0.3, 0.4) is 0 Å². The molecule has 30 heavy (non-hydrogen) atoms. The summed E-state index contributed by atoms with van der Waals surface area (Å²) in [5.74, 6) is -1.71. The van der Waals surface area contributed by atoms with Crippen molar-refractivity contribution in [2.45, 2.75) is 11.8 Å². The third kappa shape index (κ3) is 4.02. The molecule has 0 saturated carbocycles. The number of carbonyl (C=O) groups excluding carboxylic acids is 3. The van der Waals surface area contributed by atoms with E-state index in [0.29, 0.717) is 17.0 Å². The maximum atomic E-state index is 13.2. The highest BCUT2D eigenvalue weighted by Crippen LogP contribution is 2.28. The number of anilines is 1. The second-order valence-corrected chi connectivity index (χ2v) is 7.73. The van der Waals surface area contributed by atoms with Crippen LogP contribution < -0.4 is 5.32 Å². The number of benzene rings is 2. The van der Waals surface area contributed by atoms with Gasteiger partial charge in [0.2, 0.25) is 0 Å². The Hall–Kier alpha value is -3.33. The molecule has 0 aliphatic carbocycles. The Morgan fingerprint density at radius 1 is 1.03 bits per heavy atom. The first kappa shape index (κ1) is 20.0. The van der Waals surface area contributed by atoms with Crippen LogP contribution in [0.25, 0.3) is 0 Å². The summed E-state index contributed by atoms with van der Waals surface area (Å²) >= 11 is 1.25. The zero-order valence-corrected chi connectivity index (χ0v) is 16.4. The molecule has 4 rings (SSSR count). The summed E-state index contributed by atoms with van der Waals surface area (Å²) in [6, 6.07) is 10.1. The van der Waals surface area contributed by atoms with E-state index in [2.05, 4.69) is 5.32 Å². The van der Waals surface area contributed by atoms with Crippen LogP contribution in [-0.4, -0.2) is 44.8 Å². The minimum Gasteiger partial charge on any atom is -0.323 e. The summed E-state index contributed by atoms with van der Waals surface area (Å²) in [7, 11) is 0. The van der Waals surface area contributed by atoms with Crippen LogP contribution in [0.4, 0.5) is 19.3 Å². The molecule has 0 fully saturated rings.